The molecule has 1 saturated heterocycles. The smallest absolute Gasteiger partial charge is 0.389 e. The lowest BCUT2D eigenvalue weighted by molar-refractivity contribution is -0.135. The summed E-state index contributed by atoms with van der Waals surface area (Å²) in [6, 6.07) is 0. The topological polar surface area (TPSA) is 79.6 Å². The van der Waals surface area contributed by atoms with E-state index >= 15 is 0 Å². The zero-order valence-corrected chi connectivity index (χ0v) is 20.4. The highest BCUT2D eigenvalue weighted by Crippen LogP contribution is 2.25. The summed E-state index contributed by atoms with van der Waals surface area (Å²) in [6.07, 6.45) is -0.906. The molecule has 1 atom stereocenters. The zero-order valence-electron chi connectivity index (χ0n) is 19.7. The fraction of sp³-hybridized carbons (Fsp3) is 0.652. The minimum absolute atomic E-state index is 0.0603. The third-order valence-electron chi connectivity index (χ3n) is 5.73. The summed E-state index contributed by atoms with van der Waals surface area (Å²) >= 11 is 5.87. The highest BCUT2D eigenvalue weighted by Gasteiger charge is 2.30. The van der Waals surface area contributed by atoms with Crippen molar-refractivity contribution in [1.82, 2.24) is 14.7 Å². The second-order valence-electron chi connectivity index (χ2n) is 8.49. The Morgan fingerprint density at radius 3 is 2.47 bits per heavy atom. The molecule has 0 aromatic carbocycles. The fourth-order valence-corrected chi connectivity index (χ4v) is 3.83. The Balaban J connectivity index is 2.12. The van der Waals surface area contributed by atoms with Crippen molar-refractivity contribution in [3.05, 3.63) is 34.5 Å². The monoisotopic (exact) mass is 506 g/mol. The van der Waals surface area contributed by atoms with Crippen molar-refractivity contribution >= 4 is 23.3 Å². The number of nitrogens with zero attached hydrogens (tertiary/aromatic N) is 4. The van der Waals surface area contributed by atoms with E-state index in [0.717, 1.165) is 5.57 Å². The van der Waals surface area contributed by atoms with Crippen LogP contribution >= 0.6 is 11.6 Å². The van der Waals surface area contributed by atoms with Crippen LogP contribution in [0.15, 0.2) is 39.5 Å². The lowest BCUT2D eigenvalue weighted by atomic mass is 10.1. The Morgan fingerprint density at radius 1 is 1.21 bits per heavy atom. The minimum Gasteiger partial charge on any atom is -0.395 e. The van der Waals surface area contributed by atoms with Crippen LogP contribution in [0.3, 0.4) is 0 Å². The Kier molecular flexibility index (Phi) is 11.1. The van der Waals surface area contributed by atoms with Gasteiger partial charge in [-0.25, -0.2) is 4.99 Å². The first-order valence-electron chi connectivity index (χ1n) is 11.4. The van der Waals surface area contributed by atoms with E-state index in [-0.39, 0.29) is 38.3 Å². The number of carbonyl (C=O) groups is 1. The van der Waals surface area contributed by atoms with Gasteiger partial charge in [0.2, 0.25) is 5.91 Å². The van der Waals surface area contributed by atoms with Crippen molar-refractivity contribution < 1.29 is 28.2 Å². The molecule has 2 heterocycles. The molecule has 0 radical (unpaired) electrons. The summed E-state index contributed by atoms with van der Waals surface area (Å²) in [5.41, 5.74) is 1.23. The highest BCUT2D eigenvalue weighted by atomic mass is 35.5. The van der Waals surface area contributed by atoms with E-state index < -0.39 is 18.8 Å². The van der Waals surface area contributed by atoms with Crippen LogP contribution < -0.4 is 0 Å². The van der Waals surface area contributed by atoms with Gasteiger partial charge in [-0.3, -0.25) is 9.69 Å². The van der Waals surface area contributed by atoms with Gasteiger partial charge in [0, 0.05) is 50.6 Å². The van der Waals surface area contributed by atoms with Gasteiger partial charge >= 0.3 is 6.18 Å². The molecule has 34 heavy (non-hydrogen) atoms. The first-order valence-corrected chi connectivity index (χ1v) is 11.8. The van der Waals surface area contributed by atoms with Gasteiger partial charge in [-0.15, -0.1) is 0 Å². The van der Waals surface area contributed by atoms with Crippen LogP contribution in [0.1, 0.15) is 39.5 Å². The van der Waals surface area contributed by atoms with Crippen LogP contribution in [0.5, 0.6) is 0 Å². The lowest BCUT2D eigenvalue weighted by Gasteiger charge is -2.37. The second-order valence-corrected chi connectivity index (χ2v) is 9.09. The number of alkyl halides is 3. The molecule has 0 aromatic heterocycles. The van der Waals surface area contributed by atoms with Crippen LogP contribution in [0.25, 0.3) is 0 Å². The summed E-state index contributed by atoms with van der Waals surface area (Å²) in [5, 5.41) is 20.4. The van der Waals surface area contributed by atoms with E-state index in [2.05, 4.69) is 9.89 Å². The highest BCUT2D eigenvalue weighted by molar-refractivity contribution is 6.29. The number of β-amino-alcohol motifs (C(OH)–C–C–N with tert-alkyl or cyclic N) is 1. The maximum atomic E-state index is 12.9. The van der Waals surface area contributed by atoms with Gasteiger partial charge in [0.15, 0.2) is 0 Å². The number of piperazine rings is 1. The maximum absolute atomic E-state index is 12.9. The molecule has 0 bridgehead atoms. The summed E-state index contributed by atoms with van der Waals surface area (Å²) < 4.78 is 37.7. The van der Waals surface area contributed by atoms with Gasteiger partial charge in [0.05, 0.1) is 12.3 Å². The van der Waals surface area contributed by atoms with Gasteiger partial charge < -0.3 is 20.0 Å². The van der Waals surface area contributed by atoms with Crippen molar-refractivity contribution in [3.8, 4) is 0 Å². The van der Waals surface area contributed by atoms with Crippen LogP contribution in [0, 0.1) is 0 Å². The Labute approximate surface area is 203 Å². The predicted molar refractivity (Wildman–Crippen MR) is 126 cm³/mol. The molecule has 1 amide bonds. The number of carbonyl (C=O) groups excluding carboxylic acids is 1. The van der Waals surface area contributed by atoms with Gasteiger partial charge in [-0.2, -0.15) is 13.2 Å². The van der Waals surface area contributed by atoms with E-state index in [0.29, 0.717) is 49.3 Å². The van der Waals surface area contributed by atoms with E-state index in [9.17, 15) is 23.1 Å². The average Bonchev–Trinajstić information content (AvgIpc) is 2.76. The van der Waals surface area contributed by atoms with Crippen molar-refractivity contribution in [1.29, 1.82) is 0 Å². The van der Waals surface area contributed by atoms with Gasteiger partial charge in [0.1, 0.15) is 18.6 Å². The number of amides is 1. The number of amidine groups is 1. The lowest BCUT2D eigenvalue weighted by Crippen LogP contribution is -2.53. The van der Waals surface area contributed by atoms with Crippen LogP contribution in [0.2, 0.25) is 0 Å². The largest absolute Gasteiger partial charge is 0.395 e. The van der Waals surface area contributed by atoms with Crippen LogP contribution in [0.4, 0.5) is 13.2 Å². The molecule has 2 N–H and O–H groups in total. The molecule has 1 fully saturated rings. The molecule has 0 spiro atoms. The number of allylic oxidation sites excluding steroid dienone is 4. The van der Waals surface area contributed by atoms with E-state index in [1.54, 1.807) is 30.9 Å². The van der Waals surface area contributed by atoms with Gasteiger partial charge in [-0.1, -0.05) is 17.7 Å². The number of hydrogen-bond donors (Lipinski definition) is 2. The van der Waals surface area contributed by atoms with Crippen molar-refractivity contribution in [3.63, 3.8) is 0 Å². The summed E-state index contributed by atoms with van der Waals surface area (Å²) in [4.78, 5) is 22.7. The molecule has 0 aliphatic carbocycles. The molecular formula is C23H34ClF3N4O3. The van der Waals surface area contributed by atoms with Gasteiger partial charge in [-0.05, 0) is 44.4 Å². The number of aliphatic imine (C=N–C) groups is 1. The normalized spacial score (nSPS) is 21.0. The maximum Gasteiger partial charge on any atom is 0.389 e. The van der Waals surface area contributed by atoms with Crippen LogP contribution in [-0.2, 0) is 4.79 Å². The first-order chi connectivity index (χ1) is 16.0. The molecule has 2 aliphatic heterocycles. The molecule has 11 heteroatoms. The Bertz CT molecular complexity index is 815. The third kappa shape index (κ3) is 9.40. The molecule has 2 rings (SSSR count). The summed E-state index contributed by atoms with van der Waals surface area (Å²) in [7, 11) is 0. The molecule has 0 aromatic rings. The molecule has 2 aliphatic rings. The SMILES string of the molecule is C/C(Cl)=C\C=C(/C)C1=C[C@H](O)N(CC(=O)N2CCN(CCO)CC2)C(CCCCC(F)(F)F)=N1. The Morgan fingerprint density at radius 2 is 1.88 bits per heavy atom. The average molecular weight is 507 g/mol. The quantitative estimate of drug-likeness (QED) is 0.351. The number of aliphatic hydroxyl groups is 2. The standard InChI is InChI=1S/C23H34ClF3N4O3/c1-17(6-7-18(2)24)19-15-21(33)31(20(28-19)5-3-4-8-23(25,26)27)16-22(34)30-11-9-29(10-12-30)13-14-32/h6-7,15,21,32-33H,3-5,8-14,16H2,1-2H3/b17-6+,18-7+/t21-/m0/s1. The second kappa shape index (κ2) is 13.3. The van der Waals surface area contributed by atoms with Crippen molar-refractivity contribution in [2.45, 2.75) is 51.9 Å². The number of unbranched alkanes of at least 4 members (excludes halogenated alkanes) is 1. The van der Waals surface area contributed by atoms with E-state index in [1.807, 2.05) is 0 Å². The van der Waals surface area contributed by atoms with E-state index in [1.165, 1.54) is 11.0 Å². The number of rotatable bonds is 10. The van der Waals surface area contributed by atoms with Crippen LogP contribution in [-0.4, -0.2) is 94.9 Å². The molecular weight excluding hydrogens is 473 g/mol. The first kappa shape index (κ1) is 28.4. The molecule has 0 saturated carbocycles. The summed E-state index contributed by atoms with van der Waals surface area (Å²) in [5.74, 6) is 0.203. The Hall–Kier alpha value is -1.88. The molecule has 7 nitrogen and oxygen atoms in total. The molecule has 0 unspecified atom stereocenters. The molecule has 192 valence electrons. The zero-order chi connectivity index (χ0) is 25.3. The number of hydrogen-bond acceptors (Lipinski definition) is 6. The number of halogens is 4. The minimum atomic E-state index is -4.22. The van der Waals surface area contributed by atoms with Crippen molar-refractivity contribution in [2.24, 2.45) is 4.99 Å². The fourth-order valence-electron chi connectivity index (χ4n) is 3.77. The number of aliphatic hydroxyl groups excluding tert-OH is 2. The summed E-state index contributed by atoms with van der Waals surface area (Å²) in [6.45, 7) is 6.33. The van der Waals surface area contributed by atoms with E-state index in [4.69, 9.17) is 16.7 Å². The van der Waals surface area contributed by atoms with Crippen molar-refractivity contribution in [2.75, 3.05) is 45.9 Å². The predicted octanol–water partition coefficient (Wildman–Crippen LogP) is 3.25. The van der Waals surface area contributed by atoms with Gasteiger partial charge in [0.25, 0.3) is 0 Å². The third-order valence-corrected chi connectivity index (χ3v) is 5.86.